The molecule has 0 bridgehead atoms. The second kappa shape index (κ2) is 25.6. The Hall–Kier alpha value is -5.96. The molecule has 5 N–H and O–H groups in total. The lowest BCUT2D eigenvalue weighted by molar-refractivity contribution is 0.0903. The fraction of sp³-hybridized carbons (Fsp3) is 0.481. The summed E-state index contributed by atoms with van der Waals surface area (Å²) in [6, 6.07) is 26.0. The van der Waals surface area contributed by atoms with Crippen molar-refractivity contribution in [2.45, 2.75) is 51.0 Å². The van der Waals surface area contributed by atoms with Gasteiger partial charge in [0.25, 0.3) is 0 Å². The normalized spacial score (nSPS) is 16.5. The fourth-order valence-corrected chi connectivity index (χ4v) is 9.17. The van der Waals surface area contributed by atoms with Gasteiger partial charge in [-0.25, -0.2) is 19.9 Å². The molecule has 0 amide bonds. The first kappa shape index (κ1) is 52.4. The summed E-state index contributed by atoms with van der Waals surface area (Å²) in [5.41, 5.74) is 5.05. The fourth-order valence-electron chi connectivity index (χ4n) is 9.17. The number of fused-ring (bicyclic) bond motifs is 1. The summed E-state index contributed by atoms with van der Waals surface area (Å²) in [5.74, 6) is 5.30. The number of ether oxygens (including phenoxy) is 5. The van der Waals surface area contributed by atoms with Crippen molar-refractivity contribution >= 4 is 28.4 Å². The maximum Gasteiger partial charge on any atom is 0.164 e. The van der Waals surface area contributed by atoms with Gasteiger partial charge in [-0.05, 0) is 88.4 Å². The number of likely N-dealkylation sites (N-methyl/N-ethyl adjacent to an activating group) is 3. The van der Waals surface area contributed by atoms with Gasteiger partial charge in [-0.2, -0.15) is 0 Å². The predicted octanol–water partition coefficient (Wildman–Crippen LogP) is 5.81. The number of rotatable bonds is 25. The van der Waals surface area contributed by atoms with Gasteiger partial charge in [0.1, 0.15) is 65.7 Å². The standard InChI is InChI=1S/C54H72N10O8/c1-7-62-18-19-64(54-36(2)51(57-41-16-22-69-23-17-41)60-53(61-54)39-11-9-13-45(28-39)71-35-43(66)32-56-4)47(33-62)37-14-15-48-40(26-37)29-49(72-48)46-30-50(63(20-24-67-5)21-25-68-6)59-52(58-46)38-10-8-12-44(27-38)70-34-42(65)31-55-3/h8-15,26-30,41-43,47,55-56,65-66H,7,16-25,31-35H2,1-6H3,(H,57,60,61). The Morgan fingerprint density at radius 3 is 2.06 bits per heavy atom. The van der Waals surface area contributed by atoms with Crippen LogP contribution in [0.1, 0.15) is 36.9 Å². The SMILES string of the molecule is CCN1CCN(c2nc(-c3cccc(OCC(O)CNC)c3)nc(NC3CCOCC3)c2C)C(c2ccc3oc(-c4cc(N(CCOC)CCOC)nc(-c5cccc(OCC(O)CNC)c5)n4)cc3c2)C1. The number of hydrogen-bond acceptors (Lipinski definition) is 18. The first-order valence-electron chi connectivity index (χ1n) is 25.2. The van der Waals surface area contributed by atoms with E-state index in [-0.39, 0.29) is 25.3 Å². The van der Waals surface area contributed by atoms with Gasteiger partial charge < -0.3 is 64.1 Å². The number of furan rings is 1. The summed E-state index contributed by atoms with van der Waals surface area (Å²) >= 11 is 0. The van der Waals surface area contributed by atoms with Crippen molar-refractivity contribution in [3.63, 3.8) is 0 Å². The number of aliphatic hydroxyl groups is 2. The molecular weight excluding hydrogens is 917 g/mol. The van der Waals surface area contributed by atoms with E-state index in [4.69, 9.17) is 48.0 Å². The summed E-state index contributed by atoms with van der Waals surface area (Å²) in [5, 5.41) is 31.4. The van der Waals surface area contributed by atoms with Crippen LogP contribution in [0, 0.1) is 6.92 Å². The van der Waals surface area contributed by atoms with Crippen LogP contribution in [0.5, 0.6) is 11.5 Å². The number of methoxy groups -OCH3 is 2. The van der Waals surface area contributed by atoms with E-state index in [1.54, 1.807) is 28.3 Å². The zero-order chi connectivity index (χ0) is 50.4. The minimum absolute atomic E-state index is 0.0524. The second-order valence-corrected chi connectivity index (χ2v) is 18.4. The molecule has 5 heterocycles. The number of aliphatic hydroxyl groups excluding tert-OH is 2. The van der Waals surface area contributed by atoms with Gasteiger partial charge >= 0.3 is 0 Å². The zero-order valence-corrected chi connectivity index (χ0v) is 42.6. The average molecular weight is 989 g/mol. The minimum atomic E-state index is -0.660. The minimum Gasteiger partial charge on any atom is -0.491 e. The highest BCUT2D eigenvalue weighted by molar-refractivity contribution is 5.84. The Morgan fingerprint density at radius 2 is 1.43 bits per heavy atom. The highest BCUT2D eigenvalue weighted by atomic mass is 16.5. The molecule has 0 spiro atoms. The summed E-state index contributed by atoms with van der Waals surface area (Å²) in [4.78, 5) is 27.8. The van der Waals surface area contributed by atoms with Gasteiger partial charge in [0.05, 0.1) is 19.3 Å². The Bertz CT molecular complexity index is 2660. The highest BCUT2D eigenvalue weighted by Crippen LogP contribution is 2.39. The van der Waals surface area contributed by atoms with Crippen LogP contribution < -0.4 is 35.2 Å². The Balaban J connectivity index is 1.16. The molecule has 2 aliphatic rings. The summed E-state index contributed by atoms with van der Waals surface area (Å²) in [7, 11) is 6.97. The highest BCUT2D eigenvalue weighted by Gasteiger charge is 2.32. The van der Waals surface area contributed by atoms with Crippen molar-refractivity contribution in [2.75, 3.05) is 135 Å². The van der Waals surface area contributed by atoms with E-state index in [0.29, 0.717) is 93.0 Å². The molecule has 18 heteroatoms. The Kier molecular flexibility index (Phi) is 18.6. The van der Waals surface area contributed by atoms with Gasteiger partial charge in [-0.15, -0.1) is 0 Å². The zero-order valence-electron chi connectivity index (χ0n) is 42.6. The van der Waals surface area contributed by atoms with Crippen LogP contribution in [0.2, 0.25) is 0 Å². The van der Waals surface area contributed by atoms with Crippen molar-refractivity contribution in [3.05, 3.63) is 90.0 Å². The van der Waals surface area contributed by atoms with Crippen LogP contribution in [-0.4, -0.2) is 174 Å². The topological polar surface area (TPSA) is 197 Å². The third-order valence-electron chi connectivity index (χ3n) is 13.2. The first-order chi connectivity index (χ1) is 35.2. The number of aromatic nitrogens is 4. The maximum atomic E-state index is 10.4. The van der Waals surface area contributed by atoms with Crippen LogP contribution in [-0.2, 0) is 14.2 Å². The number of anilines is 3. The lowest BCUT2D eigenvalue weighted by Gasteiger charge is -2.43. The third kappa shape index (κ3) is 13.4. The number of hydrogen-bond donors (Lipinski definition) is 5. The molecule has 72 heavy (non-hydrogen) atoms. The molecule has 3 atom stereocenters. The van der Waals surface area contributed by atoms with E-state index < -0.39 is 12.2 Å². The molecule has 386 valence electrons. The van der Waals surface area contributed by atoms with E-state index in [0.717, 1.165) is 83.9 Å². The number of nitrogens with zero attached hydrogens (tertiary/aromatic N) is 7. The monoisotopic (exact) mass is 989 g/mol. The molecule has 2 aliphatic heterocycles. The quantitative estimate of drug-likeness (QED) is 0.0460. The van der Waals surface area contributed by atoms with Gasteiger partial charge in [-0.3, -0.25) is 4.90 Å². The molecule has 2 fully saturated rings. The lowest BCUT2D eigenvalue weighted by Crippen LogP contribution is -2.49. The average Bonchev–Trinajstić information content (AvgIpc) is 3.85. The van der Waals surface area contributed by atoms with Crippen LogP contribution in [0.4, 0.5) is 17.5 Å². The Morgan fingerprint density at radius 1 is 0.778 bits per heavy atom. The molecule has 6 aromatic rings. The van der Waals surface area contributed by atoms with Gasteiger partial charge in [0.15, 0.2) is 17.4 Å². The van der Waals surface area contributed by atoms with Gasteiger partial charge in [0, 0.05) is 107 Å². The molecule has 0 saturated carbocycles. The molecule has 3 unspecified atom stereocenters. The van der Waals surface area contributed by atoms with Crippen LogP contribution >= 0.6 is 0 Å². The molecule has 3 aromatic heterocycles. The van der Waals surface area contributed by atoms with E-state index in [9.17, 15) is 10.2 Å². The molecule has 0 radical (unpaired) electrons. The van der Waals surface area contributed by atoms with Crippen molar-refractivity contribution in [2.24, 2.45) is 0 Å². The van der Waals surface area contributed by atoms with Gasteiger partial charge in [-0.1, -0.05) is 37.3 Å². The molecule has 18 nitrogen and oxygen atoms in total. The number of benzene rings is 3. The maximum absolute atomic E-state index is 10.4. The Labute approximate surface area is 423 Å². The van der Waals surface area contributed by atoms with Crippen LogP contribution in [0.3, 0.4) is 0 Å². The molecule has 2 saturated heterocycles. The van der Waals surface area contributed by atoms with Crippen molar-refractivity contribution in [1.82, 2.24) is 35.5 Å². The second-order valence-electron chi connectivity index (χ2n) is 18.4. The largest absolute Gasteiger partial charge is 0.491 e. The van der Waals surface area contributed by atoms with E-state index in [2.05, 4.69) is 68.8 Å². The van der Waals surface area contributed by atoms with E-state index >= 15 is 0 Å². The number of piperazine rings is 1. The molecule has 8 rings (SSSR count). The van der Waals surface area contributed by atoms with E-state index in [1.807, 2.05) is 54.6 Å². The number of nitrogens with one attached hydrogen (secondary N) is 3. The molecular formula is C54H72N10O8. The lowest BCUT2D eigenvalue weighted by atomic mass is 10.00. The summed E-state index contributed by atoms with van der Waals surface area (Å²) < 4.78 is 35.4. The summed E-state index contributed by atoms with van der Waals surface area (Å²) in [6.07, 6.45) is 0.473. The smallest absolute Gasteiger partial charge is 0.164 e. The molecule has 0 aliphatic carbocycles. The van der Waals surface area contributed by atoms with Crippen molar-refractivity contribution < 1.29 is 38.3 Å². The summed E-state index contributed by atoms with van der Waals surface area (Å²) in [6.45, 7) is 12.4. The molecule has 3 aromatic carbocycles. The van der Waals surface area contributed by atoms with Gasteiger partial charge in [0.2, 0.25) is 0 Å². The van der Waals surface area contributed by atoms with Crippen molar-refractivity contribution in [1.29, 1.82) is 0 Å². The third-order valence-corrected chi connectivity index (χ3v) is 13.2. The van der Waals surface area contributed by atoms with Crippen LogP contribution in [0.15, 0.2) is 83.3 Å². The first-order valence-corrected chi connectivity index (χ1v) is 25.2. The van der Waals surface area contributed by atoms with E-state index in [1.165, 1.54) is 0 Å². The van der Waals surface area contributed by atoms with Crippen molar-refractivity contribution in [3.8, 4) is 45.7 Å². The predicted molar refractivity (Wildman–Crippen MR) is 281 cm³/mol. The van der Waals surface area contributed by atoms with Crippen LogP contribution in [0.25, 0.3) is 45.2 Å².